The zero-order valence-electron chi connectivity index (χ0n) is 12.1. The van der Waals surface area contributed by atoms with E-state index in [-0.39, 0.29) is 5.57 Å². The van der Waals surface area contributed by atoms with E-state index in [0.29, 0.717) is 22.0 Å². The van der Waals surface area contributed by atoms with Crippen molar-refractivity contribution in [3.63, 3.8) is 0 Å². The van der Waals surface area contributed by atoms with E-state index in [9.17, 15) is 10.1 Å². The smallest absolute Gasteiger partial charge is 0.266 e. The Morgan fingerprint density at radius 1 is 1.35 bits per heavy atom. The molecule has 0 radical (unpaired) electrons. The van der Waals surface area contributed by atoms with Crippen LogP contribution in [-0.2, 0) is 4.79 Å². The Kier molecular flexibility index (Phi) is 5.80. The van der Waals surface area contributed by atoms with E-state index in [1.54, 1.807) is 36.4 Å². The van der Waals surface area contributed by atoms with Gasteiger partial charge in [0, 0.05) is 10.0 Å². The number of methoxy groups -OCH3 is 1. The average molecular weight is 392 g/mol. The van der Waals surface area contributed by atoms with Gasteiger partial charge >= 0.3 is 0 Å². The molecule has 0 aliphatic heterocycles. The van der Waals surface area contributed by atoms with E-state index in [0.717, 1.165) is 4.47 Å². The number of hydrogen-bond donors (Lipinski definition) is 1. The SMILES string of the molecule is COc1ccc(Br)cc1/C=C(\C#N)C(=O)Nc1ccccc1Cl. The standard InChI is InChI=1S/C17H12BrClN2O2/c1-23-16-7-6-13(18)9-11(16)8-12(10-20)17(22)21-15-5-3-2-4-14(15)19/h2-9H,1H3,(H,21,22)/b12-8+. The van der Waals surface area contributed by atoms with Gasteiger partial charge in [-0.3, -0.25) is 4.79 Å². The van der Waals surface area contributed by atoms with Gasteiger partial charge in [0.25, 0.3) is 5.91 Å². The molecule has 0 fully saturated rings. The first kappa shape index (κ1) is 17.1. The van der Waals surface area contributed by atoms with Gasteiger partial charge in [-0.15, -0.1) is 0 Å². The molecule has 0 atom stereocenters. The third kappa shape index (κ3) is 4.35. The van der Waals surface area contributed by atoms with Crippen molar-refractivity contribution in [3.8, 4) is 11.8 Å². The monoisotopic (exact) mass is 390 g/mol. The summed E-state index contributed by atoms with van der Waals surface area (Å²) in [6.07, 6.45) is 1.47. The lowest BCUT2D eigenvalue weighted by Crippen LogP contribution is -2.13. The van der Waals surface area contributed by atoms with Crippen LogP contribution in [0.1, 0.15) is 5.56 Å². The number of nitrogens with one attached hydrogen (secondary N) is 1. The number of para-hydroxylation sites is 1. The second-order valence-electron chi connectivity index (χ2n) is 4.49. The largest absolute Gasteiger partial charge is 0.496 e. The Morgan fingerprint density at radius 3 is 2.74 bits per heavy atom. The molecule has 2 aromatic rings. The predicted molar refractivity (Wildman–Crippen MR) is 94.4 cm³/mol. The van der Waals surface area contributed by atoms with Crippen LogP contribution in [0.15, 0.2) is 52.5 Å². The lowest BCUT2D eigenvalue weighted by Gasteiger charge is -2.08. The summed E-state index contributed by atoms with van der Waals surface area (Å²) in [5.74, 6) is 0.0223. The van der Waals surface area contributed by atoms with Crippen molar-refractivity contribution in [3.05, 3.63) is 63.1 Å². The molecule has 23 heavy (non-hydrogen) atoms. The summed E-state index contributed by atoms with van der Waals surface area (Å²) in [7, 11) is 1.52. The fourth-order valence-electron chi connectivity index (χ4n) is 1.87. The summed E-state index contributed by atoms with van der Waals surface area (Å²) in [6.45, 7) is 0. The van der Waals surface area contributed by atoms with Crippen LogP contribution < -0.4 is 10.1 Å². The van der Waals surface area contributed by atoms with Crippen molar-refractivity contribution in [2.75, 3.05) is 12.4 Å². The van der Waals surface area contributed by atoms with E-state index in [1.807, 2.05) is 12.1 Å². The Labute approximate surface area is 147 Å². The summed E-state index contributed by atoms with van der Waals surface area (Å²) in [4.78, 5) is 12.3. The van der Waals surface area contributed by atoms with Crippen LogP contribution in [-0.4, -0.2) is 13.0 Å². The molecule has 0 aromatic heterocycles. The van der Waals surface area contributed by atoms with Crippen molar-refractivity contribution < 1.29 is 9.53 Å². The Morgan fingerprint density at radius 2 is 2.09 bits per heavy atom. The van der Waals surface area contributed by atoms with Crippen molar-refractivity contribution in [1.82, 2.24) is 0 Å². The molecule has 0 aliphatic carbocycles. The first-order chi connectivity index (χ1) is 11.0. The van der Waals surface area contributed by atoms with Crippen molar-refractivity contribution in [1.29, 1.82) is 5.26 Å². The topological polar surface area (TPSA) is 62.1 Å². The highest BCUT2D eigenvalue weighted by atomic mass is 79.9. The lowest BCUT2D eigenvalue weighted by atomic mass is 10.1. The first-order valence-corrected chi connectivity index (χ1v) is 7.73. The minimum Gasteiger partial charge on any atom is -0.496 e. The molecule has 0 aliphatic rings. The molecule has 0 saturated carbocycles. The second kappa shape index (κ2) is 7.82. The molecular weight excluding hydrogens is 380 g/mol. The van der Waals surface area contributed by atoms with Crippen LogP contribution in [0.2, 0.25) is 5.02 Å². The maximum Gasteiger partial charge on any atom is 0.266 e. The first-order valence-electron chi connectivity index (χ1n) is 6.56. The van der Waals surface area contributed by atoms with E-state index < -0.39 is 5.91 Å². The number of benzene rings is 2. The van der Waals surface area contributed by atoms with Gasteiger partial charge < -0.3 is 10.1 Å². The maximum absolute atomic E-state index is 12.3. The van der Waals surface area contributed by atoms with Crippen LogP contribution in [0.25, 0.3) is 6.08 Å². The molecule has 2 rings (SSSR count). The molecule has 0 spiro atoms. The zero-order valence-corrected chi connectivity index (χ0v) is 14.5. The molecule has 0 unspecified atom stereocenters. The van der Waals surface area contributed by atoms with Crippen molar-refractivity contribution >= 4 is 45.2 Å². The zero-order chi connectivity index (χ0) is 16.8. The summed E-state index contributed by atoms with van der Waals surface area (Å²) in [5, 5.41) is 12.3. The van der Waals surface area contributed by atoms with Gasteiger partial charge in [-0.1, -0.05) is 39.7 Å². The highest BCUT2D eigenvalue weighted by Crippen LogP contribution is 2.26. The molecule has 0 heterocycles. The highest BCUT2D eigenvalue weighted by Gasteiger charge is 2.12. The molecule has 1 N–H and O–H groups in total. The van der Waals surface area contributed by atoms with E-state index >= 15 is 0 Å². The van der Waals surface area contributed by atoms with Gasteiger partial charge in [0.1, 0.15) is 17.4 Å². The molecule has 6 heteroatoms. The molecular formula is C17H12BrClN2O2. The Bertz CT molecular complexity index is 812. The Hall–Kier alpha value is -2.29. The number of ether oxygens (including phenoxy) is 1. The van der Waals surface area contributed by atoms with E-state index in [1.165, 1.54) is 13.2 Å². The number of nitriles is 1. The van der Waals surface area contributed by atoms with Crippen LogP contribution in [0.5, 0.6) is 5.75 Å². The summed E-state index contributed by atoms with van der Waals surface area (Å²) in [6, 6.07) is 14.0. The quantitative estimate of drug-likeness (QED) is 0.609. The van der Waals surface area contributed by atoms with Crippen molar-refractivity contribution in [2.45, 2.75) is 0 Å². The van der Waals surface area contributed by atoms with Crippen LogP contribution in [0.4, 0.5) is 5.69 Å². The number of anilines is 1. The van der Waals surface area contributed by atoms with Gasteiger partial charge in [-0.2, -0.15) is 5.26 Å². The summed E-state index contributed by atoms with van der Waals surface area (Å²) in [5.41, 5.74) is 1.01. The highest BCUT2D eigenvalue weighted by molar-refractivity contribution is 9.10. The third-order valence-corrected chi connectivity index (χ3v) is 3.80. The number of halogens is 2. The van der Waals surface area contributed by atoms with E-state index in [4.69, 9.17) is 16.3 Å². The van der Waals surface area contributed by atoms with Gasteiger partial charge in [-0.05, 0) is 36.4 Å². The minimum atomic E-state index is -0.539. The summed E-state index contributed by atoms with van der Waals surface area (Å²) >= 11 is 9.35. The van der Waals surface area contributed by atoms with Gasteiger partial charge in [-0.25, -0.2) is 0 Å². The Balaban J connectivity index is 2.33. The van der Waals surface area contributed by atoms with Gasteiger partial charge in [0.05, 0.1) is 17.8 Å². The molecule has 0 saturated heterocycles. The lowest BCUT2D eigenvalue weighted by molar-refractivity contribution is -0.112. The van der Waals surface area contributed by atoms with Gasteiger partial charge in [0.15, 0.2) is 0 Å². The molecule has 2 aromatic carbocycles. The minimum absolute atomic E-state index is 0.0543. The van der Waals surface area contributed by atoms with Gasteiger partial charge in [0.2, 0.25) is 0 Å². The molecule has 1 amide bonds. The maximum atomic E-state index is 12.3. The molecule has 0 bridgehead atoms. The second-order valence-corrected chi connectivity index (χ2v) is 5.81. The molecule has 4 nitrogen and oxygen atoms in total. The number of carbonyl (C=O) groups is 1. The normalized spacial score (nSPS) is 10.8. The predicted octanol–water partition coefficient (Wildman–Crippen LogP) is 4.66. The number of amides is 1. The number of rotatable bonds is 4. The summed E-state index contributed by atoms with van der Waals surface area (Å²) < 4.78 is 6.05. The number of hydrogen-bond acceptors (Lipinski definition) is 3. The number of nitrogens with zero attached hydrogens (tertiary/aromatic N) is 1. The third-order valence-electron chi connectivity index (χ3n) is 2.98. The number of carbonyl (C=O) groups excluding carboxylic acids is 1. The van der Waals surface area contributed by atoms with Crippen LogP contribution in [0, 0.1) is 11.3 Å². The average Bonchev–Trinajstić information content (AvgIpc) is 2.54. The van der Waals surface area contributed by atoms with Crippen molar-refractivity contribution in [2.24, 2.45) is 0 Å². The fourth-order valence-corrected chi connectivity index (χ4v) is 2.44. The van der Waals surface area contributed by atoms with E-state index in [2.05, 4.69) is 21.2 Å². The fraction of sp³-hybridized carbons (Fsp3) is 0.0588. The van der Waals surface area contributed by atoms with Crippen LogP contribution >= 0.6 is 27.5 Å². The molecule has 116 valence electrons. The van der Waals surface area contributed by atoms with Crippen LogP contribution in [0.3, 0.4) is 0 Å².